The van der Waals surface area contributed by atoms with Crippen LogP contribution in [0.1, 0.15) is 12.5 Å². The molecule has 2 aromatic rings. The number of nitriles is 1. The quantitative estimate of drug-likeness (QED) is 0.153. The first-order chi connectivity index (χ1) is 13.3. The molecule has 0 aliphatic rings. The van der Waals surface area contributed by atoms with Gasteiger partial charge in [0.25, 0.3) is 11.6 Å². The Hall–Kier alpha value is -1.91. The predicted molar refractivity (Wildman–Crippen MR) is 123 cm³/mol. The average Bonchev–Trinajstić information content (AvgIpc) is 2.64. The summed E-state index contributed by atoms with van der Waals surface area (Å²) in [6.45, 7) is 2.42. The molecule has 0 bridgehead atoms. The highest BCUT2D eigenvalue weighted by molar-refractivity contribution is 14.1. The number of nitrogens with one attached hydrogen (secondary N) is 1. The molecule has 10 heteroatoms. The SMILES string of the molecule is CCOc1c(I)cc(/C=C(\C#N)C(=O)Nc2ccc(Cl)c([N+](=O)[O-])c2)cc1I. The van der Waals surface area contributed by atoms with E-state index in [9.17, 15) is 20.2 Å². The summed E-state index contributed by atoms with van der Waals surface area (Å²) in [6.07, 6.45) is 1.44. The van der Waals surface area contributed by atoms with Crippen LogP contribution >= 0.6 is 56.8 Å². The van der Waals surface area contributed by atoms with Crippen LogP contribution in [0.4, 0.5) is 11.4 Å². The van der Waals surface area contributed by atoms with E-state index in [-0.39, 0.29) is 22.0 Å². The Morgan fingerprint density at radius 1 is 1.36 bits per heavy atom. The second kappa shape index (κ2) is 10.0. The molecule has 0 heterocycles. The highest BCUT2D eigenvalue weighted by atomic mass is 127. The fraction of sp³-hybridized carbons (Fsp3) is 0.111. The van der Waals surface area contributed by atoms with Gasteiger partial charge >= 0.3 is 0 Å². The number of carbonyl (C=O) groups is 1. The first-order valence-corrected chi connectivity index (χ1v) is 10.3. The Kier molecular flexibility index (Phi) is 8.02. The van der Waals surface area contributed by atoms with Crippen molar-refractivity contribution in [3.05, 3.63) is 63.7 Å². The van der Waals surface area contributed by atoms with E-state index in [2.05, 4.69) is 50.5 Å². The Morgan fingerprint density at radius 3 is 2.54 bits per heavy atom. The number of hydrogen-bond acceptors (Lipinski definition) is 5. The van der Waals surface area contributed by atoms with Crippen LogP contribution in [0.25, 0.3) is 6.08 Å². The van der Waals surface area contributed by atoms with Gasteiger partial charge in [-0.05, 0) is 88.0 Å². The smallest absolute Gasteiger partial charge is 0.289 e. The van der Waals surface area contributed by atoms with Gasteiger partial charge in [-0.25, -0.2) is 0 Å². The van der Waals surface area contributed by atoms with Gasteiger partial charge in [0.2, 0.25) is 0 Å². The molecule has 0 unspecified atom stereocenters. The third-order valence-electron chi connectivity index (χ3n) is 3.39. The lowest BCUT2D eigenvalue weighted by molar-refractivity contribution is -0.384. The summed E-state index contributed by atoms with van der Waals surface area (Å²) in [5.74, 6) is 0.0651. The maximum Gasteiger partial charge on any atom is 0.289 e. The van der Waals surface area contributed by atoms with Crippen molar-refractivity contribution in [1.82, 2.24) is 0 Å². The van der Waals surface area contributed by atoms with Crippen molar-refractivity contribution in [2.45, 2.75) is 6.92 Å². The molecule has 0 aliphatic carbocycles. The number of rotatable bonds is 6. The summed E-state index contributed by atoms with van der Waals surface area (Å²) in [6, 6.07) is 9.31. The standard InChI is InChI=1S/C18H12ClI2N3O4/c1-2-28-17-14(20)6-10(7-15(17)21)5-11(9-22)18(25)23-12-3-4-13(19)16(8-12)24(26)27/h3-8H,2H2,1H3,(H,23,25)/b11-5+. The normalized spacial score (nSPS) is 10.9. The Bertz CT molecular complexity index is 995. The number of hydrogen-bond donors (Lipinski definition) is 1. The number of nitro benzene ring substituents is 1. The molecule has 144 valence electrons. The van der Waals surface area contributed by atoms with Gasteiger partial charge in [-0.15, -0.1) is 0 Å². The third-order valence-corrected chi connectivity index (χ3v) is 5.31. The van der Waals surface area contributed by atoms with E-state index in [4.69, 9.17) is 16.3 Å². The monoisotopic (exact) mass is 623 g/mol. The summed E-state index contributed by atoms with van der Waals surface area (Å²) in [5, 5.41) is 22.8. The molecule has 0 atom stereocenters. The maximum atomic E-state index is 12.4. The van der Waals surface area contributed by atoms with Crippen molar-refractivity contribution in [1.29, 1.82) is 5.26 Å². The number of benzene rings is 2. The summed E-state index contributed by atoms with van der Waals surface area (Å²) in [5.41, 5.74) is 0.343. The van der Waals surface area contributed by atoms with E-state index in [1.807, 2.05) is 13.0 Å². The number of amides is 1. The van der Waals surface area contributed by atoms with E-state index in [0.717, 1.165) is 19.0 Å². The van der Waals surface area contributed by atoms with Gasteiger partial charge in [0.1, 0.15) is 22.4 Å². The van der Waals surface area contributed by atoms with Gasteiger partial charge < -0.3 is 10.1 Å². The van der Waals surface area contributed by atoms with Crippen molar-refractivity contribution in [3.8, 4) is 11.8 Å². The van der Waals surface area contributed by atoms with Gasteiger partial charge in [-0.3, -0.25) is 14.9 Å². The number of nitrogens with zero attached hydrogens (tertiary/aromatic N) is 2. The lowest BCUT2D eigenvalue weighted by Crippen LogP contribution is -2.13. The van der Waals surface area contributed by atoms with E-state index in [0.29, 0.717) is 12.2 Å². The molecule has 0 saturated carbocycles. The fourth-order valence-electron chi connectivity index (χ4n) is 2.19. The van der Waals surface area contributed by atoms with Crippen molar-refractivity contribution in [3.63, 3.8) is 0 Å². The summed E-state index contributed by atoms with van der Waals surface area (Å²) in [4.78, 5) is 22.7. The van der Waals surface area contributed by atoms with Crippen LogP contribution in [0.3, 0.4) is 0 Å². The second-order valence-electron chi connectivity index (χ2n) is 5.29. The molecule has 0 aromatic heterocycles. The number of ether oxygens (including phenoxy) is 1. The van der Waals surface area contributed by atoms with Gasteiger partial charge in [-0.2, -0.15) is 5.26 Å². The van der Waals surface area contributed by atoms with Crippen molar-refractivity contribution in [2.75, 3.05) is 11.9 Å². The first kappa shape index (κ1) is 22.4. The van der Waals surface area contributed by atoms with Crippen LogP contribution < -0.4 is 10.1 Å². The summed E-state index contributed by atoms with van der Waals surface area (Å²) in [7, 11) is 0. The molecule has 2 rings (SSSR count). The summed E-state index contributed by atoms with van der Waals surface area (Å²) >= 11 is 10.0. The Labute approximate surface area is 193 Å². The zero-order chi connectivity index (χ0) is 20.8. The molecule has 0 spiro atoms. The van der Waals surface area contributed by atoms with Crippen molar-refractivity contribution < 1.29 is 14.5 Å². The van der Waals surface area contributed by atoms with Crippen molar-refractivity contribution >= 4 is 80.1 Å². The molecule has 7 nitrogen and oxygen atoms in total. The number of carbonyl (C=O) groups excluding carboxylic acids is 1. The van der Waals surface area contributed by atoms with Gasteiger partial charge in [-0.1, -0.05) is 11.6 Å². The Balaban J connectivity index is 2.30. The lowest BCUT2D eigenvalue weighted by atomic mass is 10.1. The van der Waals surface area contributed by atoms with Crippen LogP contribution in [0.2, 0.25) is 5.02 Å². The van der Waals surface area contributed by atoms with Gasteiger partial charge in [0.15, 0.2) is 0 Å². The molecule has 28 heavy (non-hydrogen) atoms. The fourth-order valence-corrected chi connectivity index (χ4v) is 4.50. The molecule has 0 radical (unpaired) electrons. The van der Waals surface area contributed by atoms with E-state index in [1.54, 1.807) is 12.1 Å². The van der Waals surface area contributed by atoms with Gasteiger partial charge in [0, 0.05) is 11.8 Å². The number of halogens is 3. The largest absolute Gasteiger partial charge is 0.492 e. The predicted octanol–water partition coefficient (Wildman–Crippen LogP) is 5.40. The van der Waals surface area contributed by atoms with Crippen LogP contribution in [0.5, 0.6) is 5.75 Å². The van der Waals surface area contributed by atoms with Crippen molar-refractivity contribution in [2.24, 2.45) is 0 Å². The van der Waals surface area contributed by atoms with E-state index < -0.39 is 10.8 Å². The first-order valence-electron chi connectivity index (χ1n) is 7.75. The molecular weight excluding hydrogens is 611 g/mol. The molecule has 1 amide bonds. The van der Waals surface area contributed by atoms with E-state index in [1.165, 1.54) is 18.2 Å². The topological polar surface area (TPSA) is 105 Å². The molecule has 0 fully saturated rings. The third kappa shape index (κ3) is 5.55. The van der Waals surface area contributed by atoms with Crippen LogP contribution in [-0.4, -0.2) is 17.4 Å². The van der Waals surface area contributed by atoms with Crippen LogP contribution in [0, 0.1) is 28.6 Å². The maximum absolute atomic E-state index is 12.4. The molecular formula is C18H12ClI2N3O4. The molecule has 2 aromatic carbocycles. The highest BCUT2D eigenvalue weighted by Crippen LogP contribution is 2.30. The average molecular weight is 624 g/mol. The zero-order valence-corrected chi connectivity index (χ0v) is 19.4. The highest BCUT2D eigenvalue weighted by Gasteiger charge is 2.16. The van der Waals surface area contributed by atoms with Crippen LogP contribution in [0.15, 0.2) is 35.9 Å². The minimum absolute atomic E-state index is 0.0439. The summed E-state index contributed by atoms with van der Waals surface area (Å²) < 4.78 is 7.28. The molecule has 0 saturated heterocycles. The van der Waals surface area contributed by atoms with Crippen LogP contribution in [-0.2, 0) is 4.79 Å². The Morgan fingerprint density at radius 2 is 2.00 bits per heavy atom. The minimum Gasteiger partial charge on any atom is -0.492 e. The van der Waals surface area contributed by atoms with E-state index >= 15 is 0 Å². The molecule has 1 N–H and O–H groups in total. The second-order valence-corrected chi connectivity index (χ2v) is 8.03. The number of nitro groups is 1. The minimum atomic E-state index is -0.682. The van der Waals surface area contributed by atoms with Gasteiger partial charge in [0.05, 0.1) is 18.7 Å². The lowest BCUT2D eigenvalue weighted by Gasteiger charge is -2.10. The zero-order valence-electron chi connectivity index (χ0n) is 14.3. The number of anilines is 1. The molecule has 0 aliphatic heterocycles.